The Bertz CT molecular complexity index is 1170. The summed E-state index contributed by atoms with van der Waals surface area (Å²) in [5, 5.41) is 35.3. The number of nitrogens with one attached hydrogen (secondary N) is 1. The summed E-state index contributed by atoms with van der Waals surface area (Å²) in [6.45, 7) is 3.75. The third-order valence-corrected chi connectivity index (χ3v) is 6.20. The first-order valence-electron chi connectivity index (χ1n) is 10.4. The molecule has 0 amide bonds. The molecule has 1 fully saturated rings. The predicted molar refractivity (Wildman–Crippen MR) is 113 cm³/mol. The number of benzene rings is 1. The van der Waals surface area contributed by atoms with E-state index in [2.05, 4.69) is 16.4 Å². The molecule has 1 saturated carbocycles. The summed E-state index contributed by atoms with van der Waals surface area (Å²) in [7, 11) is 0. The van der Waals surface area contributed by atoms with E-state index in [-0.39, 0.29) is 6.04 Å². The lowest BCUT2D eigenvalue weighted by molar-refractivity contribution is -0.0166. The van der Waals surface area contributed by atoms with Crippen molar-refractivity contribution in [2.45, 2.75) is 44.2 Å². The van der Waals surface area contributed by atoms with E-state index in [9.17, 15) is 15.5 Å². The normalized spacial score (nSPS) is 25.5. The van der Waals surface area contributed by atoms with Gasteiger partial charge in [-0.3, -0.25) is 0 Å². The molecule has 160 valence electrons. The van der Waals surface area contributed by atoms with E-state index in [1.54, 1.807) is 18.3 Å². The van der Waals surface area contributed by atoms with Crippen molar-refractivity contribution in [3.05, 3.63) is 53.3 Å². The molecule has 4 unspecified atom stereocenters. The van der Waals surface area contributed by atoms with Crippen LogP contribution in [0.2, 0.25) is 0 Å². The summed E-state index contributed by atoms with van der Waals surface area (Å²) in [6.07, 6.45) is 1.33. The number of pyridine rings is 1. The van der Waals surface area contributed by atoms with Crippen LogP contribution in [0.25, 0.3) is 11.0 Å². The molecule has 31 heavy (non-hydrogen) atoms. The molecule has 8 nitrogen and oxygen atoms in total. The van der Waals surface area contributed by atoms with Crippen LogP contribution >= 0.6 is 0 Å². The Morgan fingerprint density at radius 2 is 2.16 bits per heavy atom. The van der Waals surface area contributed by atoms with Crippen LogP contribution in [-0.2, 0) is 6.54 Å². The fourth-order valence-electron chi connectivity index (χ4n) is 4.52. The van der Waals surface area contributed by atoms with Crippen LogP contribution in [0, 0.1) is 18.3 Å². The van der Waals surface area contributed by atoms with E-state index in [4.69, 9.17) is 9.47 Å². The summed E-state index contributed by atoms with van der Waals surface area (Å²) < 4.78 is 13.9. The maximum Gasteiger partial charge on any atom is 0.140 e. The molecule has 1 aromatic carbocycles. The van der Waals surface area contributed by atoms with Crippen molar-refractivity contribution in [2.75, 3.05) is 13.2 Å². The van der Waals surface area contributed by atoms with E-state index in [0.717, 1.165) is 22.2 Å². The Morgan fingerprint density at radius 1 is 1.29 bits per heavy atom. The molecule has 0 saturated heterocycles. The number of hydrogen-bond acceptors (Lipinski definition) is 7. The molecule has 3 aromatic rings. The lowest BCUT2D eigenvalue weighted by Crippen LogP contribution is -2.34. The first-order chi connectivity index (χ1) is 15.1. The van der Waals surface area contributed by atoms with Gasteiger partial charge in [0.15, 0.2) is 0 Å². The number of hydrogen-bond donors (Lipinski definition) is 3. The third-order valence-electron chi connectivity index (χ3n) is 6.20. The number of nitrogens with zero attached hydrogens (tertiary/aromatic N) is 3. The molecule has 8 heteroatoms. The number of aliphatic hydroxyl groups excluding tert-OH is 2. The lowest BCUT2D eigenvalue weighted by atomic mass is 10.1. The van der Waals surface area contributed by atoms with Crippen LogP contribution in [0.5, 0.6) is 11.5 Å². The molecule has 0 radical (unpaired) electrons. The highest BCUT2D eigenvalue weighted by atomic mass is 16.5. The maximum absolute atomic E-state index is 10.8. The monoisotopic (exact) mass is 420 g/mol. The molecule has 3 heterocycles. The second kappa shape index (κ2) is 7.85. The Kier molecular flexibility index (Phi) is 5.02. The van der Waals surface area contributed by atoms with Crippen molar-refractivity contribution in [1.29, 1.82) is 5.26 Å². The minimum Gasteiger partial charge on any atom is -0.492 e. The Hall–Kier alpha value is -3.12. The maximum atomic E-state index is 10.8. The van der Waals surface area contributed by atoms with E-state index >= 15 is 0 Å². The molecule has 1 aliphatic carbocycles. The van der Waals surface area contributed by atoms with Crippen LogP contribution < -0.4 is 14.8 Å². The Morgan fingerprint density at radius 3 is 3.00 bits per heavy atom. The van der Waals surface area contributed by atoms with Gasteiger partial charge in [-0.1, -0.05) is 0 Å². The molecule has 4 atom stereocenters. The van der Waals surface area contributed by atoms with Crippen LogP contribution in [0.1, 0.15) is 29.2 Å². The average molecular weight is 420 g/mol. The first-order valence-corrected chi connectivity index (χ1v) is 10.4. The minimum atomic E-state index is -1.08. The van der Waals surface area contributed by atoms with Gasteiger partial charge in [-0.15, -0.1) is 0 Å². The third kappa shape index (κ3) is 3.41. The topological polar surface area (TPSA) is 113 Å². The predicted octanol–water partition coefficient (Wildman–Crippen LogP) is 1.81. The van der Waals surface area contributed by atoms with Gasteiger partial charge in [-0.2, -0.15) is 5.26 Å². The van der Waals surface area contributed by atoms with Crippen molar-refractivity contribution >= 4 is 11.0 Å². The van der Waals surface area contributed by atoms with Gasteiger partial charge in [0.05, 0.1) is 23.2 Å². The largest absolute Gasteiger partial charge is 0.492 e. The number of nitriles is 1. The molecule has 3 N–H and O–H groups in total. The lowest BCUT2D eigenvalue weighted by Gasteiger charge is -2.21. The first kappa shape index (κ1) is 19.8. The van der Waals surface area contributed by atoms with Crippen LogP contribution in [0.3, 0.4) is 0 Å². The molecule has 2 aromatic heterocycles. The number of aromatic nitrogens is 2. The molecule has 1 aliphatic heterocycles. The quantitative estimate of drug-likeness (QED) is 0.592. The molecule has 5 rings (SSSR count). The fourth-order valence-corrected chi connectivity index (χ4v) is 4.52. The van der Waals surface area contributed by atoms with Crippen molar-refractivity contribution in [2.24, 2.45) is 0 Å². The summed E-state index contributed by atoms with van der Waals surface area (Å²) in [4.78, 5) is 4.47. The van der Waals surface area contributed by atoms with Crippen molar-refractivity contribution in [1.82, 2.24) is 14.9 Å². The van der Waals surface area contributed by atoms with E-state index in [1.165, 1.54) is 0 Å². The highest BCUT2D eigenvalue weighted by Gasteiger charge is 2.44. The van der Waals surface area contributed by atoms with Gasteiger partial charge < -0.3 is 29.6 Å². The van der Waals surface area contributed by atoms with Gasteiger partial charge in [0.1, 0.15) is 42.1 Å². The molecular weight excluding hydrogens is 396 g/mol. The van der Waals surface area contributed by atoms with Gasteiger partial charge in [0.25, 0.3) is 0 Å². The number of fused-ring (bicyclic) bond motifs is 2. The Labute approximate surface area is 179 Å². The van der Waals surface area contributed by atoms with Crippen molar-refractivity contribution < 1.29 is 19.7 Å². The second-order valence-electron chi connectivity index (χ2n) is 8.12. The SMILES string of the molecule is Cc1ccnc2c1ccn2C1CC(Oc2cc(C#N)cc3c2CNCCO3)C(O)C1O. The van der Waals surface area contributed by atoms with Gasteiger partial charge in [-0.05, 0) is 36.8 Å². The van der Waals surface area contributed by atoms with Crippen LogP contribution in [-0.4, -0.2) is 51.2 Å². The highest BCUT2D eigenvalue weighted by Crippen LogP contribution is 2.39. The zero-order chi connectivity index (χ0) is 21.5. The highest BCUT2D eigenvalue weighted by molar-refractivity contribution is 5.79. The second-order valence-corrected chi connectivity index (χ2v) is 8.12. The number of ether oxygens (including phenoxy) is 2. The fraction of sp³-hybridized carbons (Fsp3) is 0.391. The van der Waals surface area contributed by atoms with Crippen molar-refractivity contribution in [3.63, 3.8) is 0 Å². The van der Waals surface area contributed by atoms with Crippen LogP contribution in [0.4, 0.5) is 0 Å². The van der Waals surface area contributed by atoms with E-state index in [0.29, 0.717) is 43.2 Å². The molecular formula is C23H24N4O4. The number of aryl methyl sites for hydroxylation is 1. The molecule has 2 aliphatic rings. The summed E-state index contributed by atoms with van der Waals surface area (Å²) in [5.74, 6) is 1.10. The van der Waals surface area contributed by atoms with Crippen molar-refractivity contribution in [3.8, 4) is 17.6 Å². The summed E-state index contributed by atoms with van der Waals surface area (Å²) in [5.41, 5.74) is 3.12. The molecule has 0 spiro atoms. The standard InChI is InChI=1S/C23H24N4O4/c1-13-2-4-26-23-15(13)3-6-27(23)17-10-20(22(29)21(17)28)31-19-9-14(11-24)8-18-16(19)12-25-5-7-30-18/h2-4,6,8-9,17,20-22,25,28-29H,5,7,10,12H2,1H3. The van der Waals surface area contributed by atoms with E-state index in [1.807, 2.05) is 29.8 Å². The van der Waals surface area contributed by atoms with Gasteiger partial charge >= 0.3 is 0 Å². The van der Waals surface area contributed by atoms with E-state index < -0.39 is 18.3 Å². The Balaban J connectivity index is 1.46. The number of rotatable bonds is 3. The zero-order valence-electron chi connectivity index (χ0n) is 17.2. The van der Waals surface area contributed by atoms with Gasteiger partial charge in [0, 0.05) is 37.3 Å². The van der Waals surface area contributed by atoms with Gasteiger partial charge in [0.2, 0.25) is 0 Å². The van der Waals surface area contributed by atoms with Gasteiger partial charge in [-0.25, -0.2) is 4.98 Å². The summed E-state index contributed by atoms with van der Waals surface area (Å²) in [6, 6.07) is 9.05. The van der Waals surface area contributed by atoms with Crippen LogP contribution in [0.15, 0.2) is 36.7 Å². The number of aliphatic hydroxyl groups is 2. The average Bonchev–Trinajstić information content (AvgIpc) is 3.21. The smallest absolute Gasteiger partial charge is 0.140 e. The molecule has 0 bridgehead atoms. The summed E-state index contributed by atoms with van der Waals surface area (Å²) >= 11 is 0. The zero-order valence-corrected chi connectivity index (χ0v) is 17.2. The minimum absolute atomic E-state index is 0.376.